The molecule has 1 amide bonds. The van der Waals surface area contributed by atoms with E-state index in [0.717, 1.165) is 35.6 Å². The zero-order valence-electron chi connectivity index (χ0n) is 17.1. The highest BCUT2D eigenvalue weighted by atomic mass is 19.1. The number of aryl methyl sites for hydroxylation is 1. The van der Waals surface area contributed by atoms with Crippen molar-refractivity contribution in [1.29, 1.82) is 0 Å². The predicted molar refractivity (Wildman–Crippen MR) is 106 cm³/mol. The minimum atomic E-state index is -0.797. The van der Waals surface area contributed by atoms with Crippen LogP contribution in [0.1, 0.15) is 36.6 Å². The lowest BCUT2D eigenvalue weighted by Gasteiger charge is -2.22. The fourth-order valence-corrected chi connectivity index (χ4v) is 3.33. The number of rotatable bonds is 7. The Balaban J connectivity index is 1.92. The number of carbonyl (C=O) groups excluding carboxylic acids is 1. The molecular weight excluding hydrogens is 376 g/mol. The molecule has 0 spiro atoms. The number of furan rings is 1. The van der Waals surface area contributed by atoms with Crippen molar-refractivity contribution < 1.29 is 18.0 Å². The highest BCUT2D eigenvalue weighted by Crippen LogP contribution is 2.25. The molecule has 5 nitrogen and oxygen atoms in total. The summed E-state index contributed by atoms with van der Waals surface area (Å²) < 4.78 is 35.1. The van der Waals surface area contributed by atoms with Crippen LogP contribution < -0.4 is 4.90 Å². The number of amides is 1. The predicted octanol–water partition coefficient (Wildman–Crippen LogP) is 4.80. The van der Waals surface area contributed by atoms with Crippen LogP contribution in [-0.2, 0) is 24.3 Å². The lowest BCUT2D eigenvalue weighted by atomic mass is 10.1. The van der Waals surface area contributed by atoms with Crippen molar-refractivity contribution in [1.82, 2.24) is 9.78 Å². The molecule has 29 heavy (non-hydrogen) atoms. The number of benzene rings is 1. The first-order valence-corrected chi connectivity index (χ1v) is 9.57. The van der Waals surface area contributed by atoms with E-state index >= 15 is 0 Å². The zero-order chi connectivity index (χ0) is 21.1. The largest absolute Gasteiger partial charge is 0.467 e. The molecule has 3 rings (SSSR count). The molecule has 0 atom stereocenters. The second-order valence-electron chi connectivity index (χ2n) is 7.56. The number of halogens is 2. The standard InChI is InChI=1S/C22H25F2N3O2/c1-14(2)12-27-16(4)19(15(3)25-27)11-22(28)26(13-18-6-5-9-29-18)21-8-7-17(23)10-20(21)24/h5-10,14H,11-13H2,1-4H3. The maximum atomic E-state index is 14.5. The molecule has 0 saturated heterocycles. The van der Waals surface area contributed by atoms with Gasteiger partial charge in [0.2, 0.25) is 5.91 Å². The van der Waals surface area contributed by atoms with Gasteiger partial charge >= 0.3 is 0 Å². The van der Waals surface area contributed by atoms with E-state index in [0.29, 0.717) is 11.7 Å². The summed E-state index contributed by atoms with van der Waals surface area (Å²) in [6.45, 7) is 8.80. The van der Waals surface area contributed by atoms with Crippen LogP contribution in [-0.4, -0.2) is 15.7 Å². The van der Waals surface area contributed by atoms with Gasteiger partial charge in [-0.05, 0) is 44.0 Å². The molecule has 2 heterocycles. The first-order valence-electron chi connectivity index (χ1n) is 9.57. The van der Waals surface area contributed by atoms with Gasteiger partial charge in [-0.3, -0.25) is 9.48 Å². The summed E-state index contributed by atoms with van der Waals surface area (Å²) in [5, 5.41) is 4.54. The van der Waals surface area contributed by atoms with Crippen LogP contribution in [0.3, 0.4) is 0 Å². The van der Waals surface area contributed by atoms with Crippen LogP contribution >= 0.6 is 0 Å². The molecular formula is C22H25F2N3O2. The number of hydrogen-bond acceptors (Lipinski definition) is 3. The Morgan fingerprint density at radius 3 is 2.62 bits per heavy atom. The molecule has 0 radical (unpaired) electrons. The van der Waals surface area contributed by atoms with E-state index in [1.165, 1.54) is 17.2 Å². The van der Waals surface area contributed by atoms with Crippen molar-refractivity contribution in [2.45, 2.75) is 47.2 Å². The molecule has 0 fully saturated rings. The summed E-state index contributed by atoms with van der Waals surface area (Å²) in [5.74, 6) is -0.888. The third kappa shape index (κ3) is 4.72. The number of nitrogens with zero attached hydrogens (tertiary/aromatic N) is 3. The van der Waals surface area contributed by atoms with Gasteiger partial charge in [-0.25, -0.2) is 8.78 Å². The normalized spacial score (nSPS) is 11.3. The molecule has 0 aliphatic heterocycles. The molecule has 0 unspecified atom stereocenters. The molecule has 3 aromatic rings. The van der Waals surface area contributed by atoms with Crippen molar-refractivity contribution in [3.8, 4) is 0 Å². The van der Waals surface area contributed by atoms with Crippen LogP contribution in [0.4, 0.5) is 14.5 Å². The van der Waals surface area contributed by atoms with E-state index in [1.807, 2.05) is 18.5 Å². The van der Waals surface area contributed by atoms with Gasteiger partial charge in [0.05, 0.1) is 30.6 Å². The summed E-state index contributed by atoms with van der Waals surface area (Å²) in [6, 6.07) is 6.59. The van der Waals surface area contributed by atoms with Gasteiger partial charge in [-0.1, -0.05) is 13.8 Å². The van der Waals surface area contributed by atoms with E-state index in [-0.39, 0.29) is 24.6 Å². The molecule has 0 bridgehead atoms. The van der Waals surface area contributed by atoms with Crippen LogP contribution in [0.15, 0.2) is 41.0 Å². The summed E-state index contributed by atoms with van der Waals surface area (Å²) in [6.07, 6.45) is 1.55. The van der Waals surface area contributed by atoms with E-state index < -0.39 is 11.6 Å². The number of hydrogen-bond donors (Lipinski definition) is 0. The Labute approximate surface area is 168 Å². The molecule has 7 heteroatoms. The van der Waals surface area contributed by atoms with Crippen LogP contribution in [0, 0.1) is 31.4 Å². The zero-order valence-corrected chi connectivity index (χ0v) is 17.1. The Morgan fingerprint density at radius 1 is 1.24 bits per heavy atom. The first-order chi connectivity index (χ1) is 13.8. The lowest BCUT2D eigenvalue weighted by molar-refractivity contribution is -0.118. The highest BCUT2D eigenvalue weighted by molar-refractivity contribution is 5.95. The highest BCUT2D eigenvalue weighted by Gasteiger charge is 2.24. The van der Waals surface area contributed by atoms with E-state index in [1.54, 1.807) is 12.1 Å². The third-order valence-electron chi connectivity index (χ3n) is 4.79. The fraction of sp³-hybridized carbons (Fsp3) is 0.364. The second kappa shape index (κ2) is 8.59. The average Bonchev–Trinajstić information content (AvgIpc) is 3.24. The minimum absolute atomic E-state index is 0.0117. The molecule has 2 aromatic heterocycles. The lowest BCUT2D eigenvalue weighted by Crippen LogP contribution is -2.32. The third-order valence-corrected chi connectivity index (χ3v) is 4.79. The van der Waals surface area contributed by atoms with Gasteiger partial charge < -0.3 is 9.32 Å². The SMILES string of the molecule is Cc1nn(CC(C)C)c(C)c1CC(=O)N(Cc1ccco1)c1ccc(F)cc1F. The van der Waals surface area contributed by atoms with Crippen LogP contribution in [0.2, 0.25) is 0 Å². The van der Waals surface area contributed by atoms with Crippen LogP contribution in [0.25, 0.3) is 0 Å². The summed E-state index contributed by atoms with van der Waals surface area (Å²) >= 11 is 0. The van der Waals surface area contributed by atoms with Gasteiger partial charge in [-0.2, -0.15) is 5.10 Å². The Kier molecular flexibility index (Phi) is 6.15. The van der Waals surface area contributed by atoms with Gasteiger partial charge in [0.25, 0.3) is 0 Å². The van der Waals surface area contributed by atoms with Crippen molar-refractivity contribution in [2.24, 2.45) is 5.92 Å². The molecule has 0 N–H and O–H groups in total. The molecule has 0 saturated carbocycles. The Hall–Kier alpha value is -2.96. The van der Waals surface area contributed by atoms with E-state index in [4.69, 9.17) is 4.42 Å². The second-order valence-corrected chi connectivity index (χ2v) is 7.56. The number of carbonyl (C=O) groups is 1. The van der Waals surface area contributed by atoms with Gasteiger partial charge in [0, 0.05) is 23.9 Å². The molecule has 154 valence electrons. The monoisotopic (exact) mass is 401 g/mol. The topological polar surface area (TPSA) is 51.3 Å². The van der Waals surface area contributed by atoms with Crippen molar-refractivity contribution in [3.05, 3.63) is 70.9 Å². The van der Waals surface area contributed by atoms with E-state index in [2.05, 4.69) is 18.9 Å². The summed E-state index contributed by atoms with van der Waals surface area (Å²) in [4.78, 5) is 14.5. The first kappa shape index (κ1) is 20.8. The van der Waals surface area contributed by atoms with Gasteiger partial charge in [0.1, 0.15) is 17.4 Å². The van der Waals surface area contributed by atoms with Gasteiger partial charge in [0.15, 0.2) is 0 Å². The van der Waals surface area contributed by atoms with Crippen molar-refractivity contribution in [3.63, 3.8) is 0 Å². The maximum Gasteiger partial charge on any atom is 0.232 e. The minimum Gasteiger partial charge on any atom is -0.467 e. The van der Waals surface area contributed by atoms with E-state index in [9.17, 15) is 13.6 Å². The fourth-order valence-electron chi connectivity index (χ4n) is 3.33. The number of anilines is 1. The summed E-state index contributed by atoms with van der Waals surface area (Å²) in [7, 11) is 0. The summed E-state index contributed by atoms with van der Waals surface area (Å²) in [5.41, 5.74) is 2.52. The Morgan fingerprint density at radius 2 is 2.00 bits per heavy atom. The average molecular weight is 401 g/mol. The molecule has 0 aliphatic rings. The maximum absolute atomic E-state index is 14.5. The van der Waals surface area contributed by atoms with Gasteiger partial charge in [-0.15, -0.1) is 0 Å². The number of aromatic nitrogens is 2. The van der Waals surface area contributed by atoms with Crippen molar-refractivity contribution in [2.75, 3.05) is 4.90 Å². The quantitative estimate of drug-likeness (QED) is 0.571. The Bertz CT molecular complexity index is 994. The van der Waals surface area contributed by atoms with Crippen molar-refractivity contribution >= 4 is 11.6 Å². The smallest absolute Gasteiger partial charge is 0.232 e. The molecule has 0 aliphatic carbocycles. The molecule has 1 aromatic carbocycles. The van der Waals surface area contributed by atoms with Crippen LogP contribution in [0.5, 0.6) is 0 Å².